The first-order valence-electron chi connectivity index (χ1n) is 7.77. The van der Waals surface area contributed by atoms with Gasteiger partial charge >= 0.3 is 0 Å². The highest BCUT2D eigenvalue weighted by molar-refractivity contribution is 6.08. The Morgan fingerprint density at radius 3 is 2.70 bits per heavy atom. The van der Waals surface area contributed by atoms with Crippen LogP contribution in [0.5, 0.6) is 0 Å². The number of nitrogens with zero attached hydrogens (tertiary/aromatic N) is 2. The zero-order valence-electron chi connectivity index (χ0n) is 13.4. The molecular weight excluding hydrogens is 244 g/mol. The van der Waals surface area contributed by atoms with Gasteiger partial charge in [-0.15, -0.1) is 0 Å². The molecule has 0 aliphatic carbocycles. The fourth-order valence-corrected chi connectivity index (χ4v) is 2.66. The zero-order chi connectivity index (χ0) is 15.0. The Balaban J connectivity index is 2.83. The van der Waals surface area contributed by atoms with E-state index in [4.69, 9.17) is 0 Å². The van der Waals surface area contributed by atoms with Crippen LogP contribution in [-0.2, 0) is 0 Å². The van der Waals surface area contributed by atoms with E-state index in [0.29, 0.717) is 12.1 Å². The van der Waals surface area contributed by atoms with E-state index in [-0.39, 0.29) is 0 Å². The number of aliphatic imine (C=N–C) groups is 1. The van der Waals surface area contributed by atoms with Gasteiger partial charge in [0.2, 0.25) is 0 Å². The van der Waals surface area contributed by atoms with Gasteiger partial charge in [-0.1, -0.05) is 32.4 Å². The molecule has 0 aromatic rings. The molecule has 0 amide bonds. The summed E-state index contributed by atoms with van der Waals surface area (Å²) in [6.45, 7) is 13.4. The quantitative estimate of drug-likeness (QED) is 0.541. The molecule has 0 radical (unpaired) electrons. The molecule has 2 atom stereocenters. The van der Waals surface area contributed by atoms with Crippen LogP contribution in [0.2, 0.25) is 0 Å². The first kappa shape index (κ1) is 16.7. The number of likely N-dealkylation sites (tertiary alicyclic amines) is 1. The predicted molar refractivity (Wildman–Crippen MR) is 88.9 cm³/mol. The van der Waals surface area contributed by atoms with Crippen LogP contribution in [0.3, 0.4) is 0 Å². The van der Waals surface area contributed by atoms with Gasteiger partial charge in [0.1, 0.15) is 5.71 Å². The molecule has 0 saturated carbocycles. The molecule has 0 spiro atoms. The minimum absolute atomic E-state index is 0.385. The van der Waals surface area contributed by atoms with Crippen molar-refractivity contribution >= 4 is 5.71 Å². The van der Waals surface area contributed by atoms with Crippen LogP contribution in [-0.4, -0.2) is 29.2 Å². The molecule has 1 heterocycles. The lowest BCUT2D eigenvalue weighted by atomic mass is 10.1. The smallest absolute Gasteiger partial charge is 0.112 e. The Bertz CT molecular complexity index is 434. The Kier molecular flexibility index (Phi) is 7.33. The summed E-state index contributed by atoms with van der Waals surface area (Å²) >= 11 is 0. The van der Waals surface area contributed by atoms with E-state index in [1.165, 1.54) is 25.7 Å². The second kappa shape index (κ2) is 8.76. The first-order valence-corrected chi connectivity index (χ1v) is 7.77. The average molecular weight is 272 g/mol. The van der Waals surface area contributed by atoms with E-state index < -0.39 is 0 Å². The van der Waals surface area contributed by atoms with Crippen molar-refractivity contribution in [1.29, 1.82) is 0 Å². The van der Waals surface area contributed by atoms with Gasteiger partial charge in [-0.25, -0.2) is 4.99 Å². The molecule has 20 heavy (non-hydrogen) atoms. The lowest BCUT2D eigenvalue weighted by Crippen LogP contribution is -2.35. The van der Waals surface area contributed by atoms with Gasteiger partial charge in [0.05, 0.1) is 6.04 Å². The molecular formula is C18H28N2. The highest BCUT2D eigenvalue weighted by Crippen LogP contribution is 2.25. The van der Waals surface area contributed by atoms with Crippen LogP contribution >= 0.6 is 0 Å². The van der Waals surface area contributed by atoms with Gasteiger partial charge in [0, 0.05) is 11.7 Å². The molecule has 2 nitrogen and oxygen atoms in total. The molecule has 1 aliphatic heterocycles. The second-order valence-electron chi connectivity index (χ2n) is 5.29. The average Bonchev–Trinajstić information content (AvgIpc) is 2.85. The second-order valence-corrected chi connectivity index (χ2v) is 5.29. The van der Waals surface area contributed by atoms with Crippen LogP contribution in [0.25, 0.3) is 0 Å². The SMILES string of the molecule is C=CC(C#CC1CC[C@H](CC)N1CCC)=N/C(C)=C\C. The third-order valence-corrected chi connectivity index (χ3v) is 3.87. The summed E-state index contributed by atoms with van der Waals surface area (Å²) in [7, 11) is 0. The van der Waals surface area contributed by atoms with Crippen LogP contribution in [0.4, 0.5) is 0 Å². The Hall–Kier alpha value is -1.33. The fourth-order valence-electron chi connectivity index (χ4n) is 2.66. The molecule has 1 fully saturated rings. The normalized spacial score (nSPS) is 24.4. The van der Waals surface area contributed by atoms with Crippen molar-refractivity contribution < 1.29 is 0 Å². The summed E-state index contributed by atoms with van der Waals surface area (Å²) in [5.74, 6) is 6.62. The lowest BCUT2D eigenvalue weighted by Gasteiger charge is -2.26. The first-order chi connectivity index (χ1) is 9.65. The molecule has 1 aliphatic rings. The standard InChI is InChI=1S/C18H28N2/c1-6-14-20-17(9-4)12-13-18(20)11-10-16(8-3)19-15(5)7-2/h7-8,17-18H,3,6,9,12-14H2,1-2,4-5H3/b15-7-,19-16?/t17-,18?/m0/s1. The summed E-state index contributed by atoms with van der Waals surface area (Å²) in [5.41, 5.74) is 1.76. The van der Waals surface area contributed by atoms with E-state index in [0.717, 1.165) is 18.0 Å². The number of allylic oxidation sites excluding steroid dienone is 3. The molecule has 0 aromatic heterocycles. The van der Waals surface area contributed by atoms with Crippen LogP contribution in [0.15, 0.2) is 29.4 Å². The maximum absolute atomic E-state index is 4.45. The van der Waals surface area contributed by atoms with Gasteiger partial charge < -0.3 is 0 Å². The number of hydrogen-bond donors (Lipinski definition) is 0. The molecule has 110 valence electrons. The van der Waals surface area contributed by atoms with Crippen molar-refractivity contribution in [1.82, 2.24) is 4.90 Å². The van der Waals surface area contributed by atoms with Crippen molar-refractivity contribution in [2.24, 2.45) is 4.99 Å². The minimum Gasteiger partial charge on any atom is -0.287 e. The molecule has 1 rings (SSSR count). The molecule has 2 heteroatoms. The van der Waals surface area contributed by atoms with Crippen molar-refractivity contribution in [2.45, 2.75) is 65.5 Å². The maximum Gasteiger partial charge on any atom is 0.112 e. The minimum atomic E-state index is 0.385. The van der Waals surface area contributed by atoms with Crippen LogP contribution < -0.4 is 0 Å². The third-order valence-electron chi connectivity index (χ3n) is 3.87. The fraction of sp³-hybridized carbons (Fsp3) is 0.611. The van der Waals surface area contributed by atoms with E-state index in [9.17, 15) is 0 Å². The molecule has 1 saturated heterocycles. The predicted octanol–water partition coefficient (Wildman–Crippen LogP) is 4.19. The molecule has 1 unspecified atom stereocenters. The zero-order valence-corrected chi connectivity index (χ0v) is 13.4. The van der Waals surface area contributed by atoms with Crippen molar-refractivity contribution in [3.63, 3.8) is 0 Å². The molecule has 0 bridgehead atoms. The van der Waals surface area contributed by atoms with Crippen LogP contribution in [0, 0.1) is 11.8 Å². The van der Waals surface area contributed by atoms with Gasteiger partial charge in [0.25, 0.3) is 0 Å². The van der Waals surface area contributed by atoms with Crippen LogP contribution in [0.1, 0.15) is 53.4 Å². The van der Waals surface area contributed by atoms with E-state index in [1.54, 1.807) is 6.08 Å². The van der Waals surface area contributed by atoms with Gasteiger partial charge in [-0.2, -0.15) is 0 Å². The molecule has 0 N–H and O–H groups in total. The summed E-state index contributed by atoms with van der Waals surface area (Å²) in [4.78, 5) is 7.02. The van der Waals surface area contributed by atoms with Gasteiger partial charge in [0.15, 0.2) is 0 Å². The maximum atomic E-state index is 4.45. The highest BCUT2D eigenvalue weighted by Gasteiger charge is 2.30. The Labute approximate surface area is 124 Å². The van der Waals surface area contributed by atoms with Crippen molar-refractivity contribution in [2.75, 3.05) is 6.54 Å². The topological polar surface area (TPSA) is 15.6 Å². The third kappa shape index (κ3) is 4.65. The Morgan fingerprint density at radius 1 is 1.40 bits per heavy atom. The molecule has 0 aromatic carbocycles. The highest BCUT2D eigenvalue weighted by atomic mass is 15.2. The van der Waals surface area contributed by atoms with E-state index in [1.807, 2.05) is 19.9 Å². The summed E-state index contributed by atoms with van der Waals surface area (Å²) < 4.78 is 0. The van der Waals surface area contributed by atoms with Gasteiger partial charge in [-0.05, 0) is 58.1 Å². The summed E-state index contributed by atoms with van der Waals surface area (Å²) in [6, 6.07) is 1.09. The van der Waals surface area contributed by atoms with Crippen molar-refractivity contribution in [3.8, 4) is 11.8 Å². The lowest BCUT2D eigenvalue weighted by molar-refractivity contribution is 0.219. The van der Waals surface area contributed by atoms with Gasteiger partial charge in [-0.3, -0.25) is 4.90 Å². The van der Waals surface area contributed by atoms with E-state index in [2.05, 4.69) is 42.2 Å². The van der Waals surface area contributed by atoms with E-state index >= 15 is 0 Å². The largest absolute Gasteiger partial charge is 0.287 e. The number of rotatable bonds is 5. The monoisotopic (exact) mass is 272 g/mol. The van der Waals surface area contributed by atoms with Crippen molar-refractivity contribution in [3.05, 3.63) is 24.4 Å². The Morgan fingerprint density at radius 2 is 2.15 bits per heavy atom. The summed E-state index contributed by atoms with van der Waals surface area (Å²) in [6.07, 6.45) is 8.59. The number of hydrogen-bond acceptors (Lipinski definition) is 2. The summed E-state index contributed by atoms with van der Waals surface area (Å²) in [5, 5.41) is 0.